The quantitative estimate of drug-likeness (QED) is 0.651. The zero-order valence-electron chi connectivity index (χ0n) is 12.7. The highest BCUT2D eigenvalue weighted by atomic mass is 32.1. The zero-order chi connectivity index (χ0) is 17.3. The number of nitro groups is 1. The summed E-state index contributed by atoms with van der Waals surface area (Å²) in [4.78, 5) is 34.2. The summed E-state index contributed by atoms with van der Waals surface area (Å²) < 4.78 is 0.820. The van der Waals surface area contributed by atoms with E-state index in [1.807, 2.05) is 0 Å². The van der Waals surface area contributed by atoms with Gasteiger partial charge in [-0.1, -0.05) is 0 Å². The Kier molecular flexibility index (Phi) is 4.48. The van der Waals surface area contributed by atoms with Crippen molar-refractivity contribution in [2.75, 3.05) is 0 Å². The lowest BCUT2D eigenvalue weighted by Gasteiger charge is -2.26. The molecule has 24 heavy (non-hydrogen) atoms. The Labute approximate surface area is 141 Å². The highest BCUT2D eigenvalue weighted by Gasteiger charge is 2.27. The van der Waals surface area contributed by atoms with E-state index in [0.717, 1.165) is 4.70 Å². The van der Waals surface area contributed by atoms with Crippen LogP contribution in [0.3, 0.4) is 0 Å². The first kappa shape index (κ1) is 16.4. The SMILES string of the molecule is O=C(NC1CCC(C(=O)O)CC1)c1cc2cc([N+](=O)[O-])ccc2s1. The van der Waals surface area contributed by atoms with Crippen molar-refractivity contribution in [1.82, 2.24) is 5.32 Å². The lowest BCUT2D eigenvalue weighted by Crippen LogP contribution is -2.38. The molecule has 1 heterocycles. The summed E-state index contributed by atoms with van der Waals surface area (Å²) in [5.74, 6) is -1.30. The number of carboxylic acids is 1. The fourth-order valence-electron chi connectivity index (χ4n) is 3.00. The van der Waals surface area contributed by atoms with Crippen LogP contribution in [0, 0.1) is 16.0 Å². The molecule has 2 aromatic rings. The van der Waals surface area contributed by atoms with Crippen molar-refractivity contribution >= 4 is 39.0 Å². The average Bonchev–Trinajstić information content (AvgIpc) is 2.98. The molecule has 0 bridgehead atoms. The van der Waals surface area contributed by atoms with Crippen molar-refractivity contribution in [2.45, 2.75) is 31.7 Å². The molecule has 1 aliphatic carbocycles. The molecule has 126 valence electrons. The van der Waals surface area contributed by atoms with Gasteiger partial charge in [-0.3, -0.25) is 19.7 Å². The maximum atomic E-state index is 12.4. The molecule has 1 fully saturated rings. The predicted octanol–water partition coefficient (Wildman–Crippen LogP) is 3.18. The summed E-state index contributed by atoms with van der Waals surface area (Å²) in [6.07, 6.45) is 2.44. The summed E-state index contributed by atoms with van der Waals surface area (Å²) in [6.45, 7) is 0. The van der Waals surface area contributed by atoms with Gasteiger partial charge in [0, 0.05) is 28.3 Å². The van der Waals surface area contributed by atoms with Crippen LogP contribution < -0.4 is 5.32 Å². The Morgan fingerprint density at radius 1 is 1.21 bits per heavy atom. The molecule has 3 rings (SSSR count). The standard InChI is InChI=1S/C16H16N2O5S/c19-15(17-11-3-1-9(2-4-11)16(20)21)14-8-10-7-12(18(22)23)5-6-13(10)24-14/h5-9,11H,1-4H2,(H,17,19)(H,20,21). The number of nitro benzene ring substituents is 1. The molecule has 0 radical (unpaired) electrons. The number of hydrogen-bond acceptors (Lipinski definition) is 5. The van der Waals surface area contributed by atoms with Crippen LogP contribution in [0.25, 0.3) is 10.1 Å². The highest BCUT2D eigenvalue weighted by Crippen LogP contribution is 2.30. The number of carboxylic acid groups (broad SMARTS) is 1. The summed E-state index contributed by atoms with van der Waals surface area (Å²) in [5.41, 5.74) is -0.000693. The number of non-ortho nitro benzene ring substituents is 1. The number of aliphatic carboxylic acids is 1. The molecular formula is C16H16N2O5S. The van der Waals surface area contributed by atoms with E-state index < -0.39 is 10.9 Å². The minimum atomic E-state index is -0.772. The van der Waals surface area contributed by atoms with E-state index in [0.29, 0.717) is 35.9 Å². The van der Waals surface area contributed by atoms with Gasteiger partial charge in [0.15, 0.2) is 0 Å². The number of amides is 1. The Morgan fingerprint density at radius 2 is 1.92 bits per heavy atom. The number of thiophene rings is 1. The highest BCUT2D eigenvalue weighted by molar-refractivity contribution is 7.20. The van der Waals surface area contributed by atoms with Crippen molar-refractivity contribution in [3.63, 3.8) is 0 Å². The number of carbonyl (C=O) groups excluding carboxylic acids is 1. The maximum Gasteiger partial charge on any atom is 0.306 e. The number of fused-ring (bicyclic) bond motifs is 1. The first-order chi connectivity index (χ1) is 11.4. The minimum Gasteiger partial charge on any atom is -0.481 e. The summed E-state index contributed by atoms with van der Waals surface area (Å²) in [7, 11) is 0. The van der Waals surface area contributed by atoms with Gasteiger partial charge in [0.05, 0.1) is 15.7 Å². The molecule has 0 atom stereocenters. The van der Waals surface area contributed by atoms with Gasteiger partial charge in [-0.2, -0.15) is 0 Å². The average molecular weight is 348 g/mol. The lowest BCUT2D eigenvalue weighted by atomic mass is 9.86. The van der Waals surface area contributed by atoms with Gasteiger partial charge in [-0.05, 0) is 37.8 Å². The molecule has 0 saturated heterocycles. The van der Waals surface area contributed by atoms with E-state index in [-0.39, 0.29) is 23.6 Å². The van der Waals surface area contributed by atoms with Gasteiger partial charge >= 0.3 is 5.97 Å². The van der Waals surface area contributed by atoms with Crippen molar-refractivity contribution in [3.05, 3.63) is 39.3 Å². The van der Waals surface area contributed by atoms with Crippen LogP contribution in [0.1, 0.15) is 35.4 Å². The fourth-order valence-corrected chi connectivity index (χ4v) is 3.94. The molecule has 1 saturated carbocycles. The Morgan fingerprint density at radius 3 is 2.54 bits per heavy atom. The van der Waals surface area contributed by atoms with E-state index in [9.17, 15) is 19.7 Å². The molecule has 2 N–H and O–H groups in total. The summed E-state index contributed by atoms with van der Waals surface area (Å²) in [6, 6.07) is 6.17. The van der Waals surface area contributed by atoms with Crippen LogP contribution in [-0.4, -0.2) is 27.9 Å². The molecule has 8 heteroatoms. The number of carbonyl (C=O) groups is 2. The molecule has 0 spiro atoms. The largest absolute Gasteiger partial charge is 0.481 e. The van der Waals surface area contributed by atoms with Crippen LogP contribution in [0.2, 0.25) is 0 Å². The lowest BCUT2D eigenvalue weighted by molar-refractivity contribution is -0.384. The number of nitrogens with one attached hydrogen (secondary N) is 1. The zero-order valence-corrected chi connectivity index (χ0v) is 13.5. The monoisotopic (exact) mass is 348 g/mol. The van der Waals surface area contributed by atoms with Gasteiger partial charge in [0.25, 0.3) is 11.6 Å². The van der Waals surface area contributed by atoms with Gasteiger partial charge in [0.1, 0.15) is 0 Å². The fraction of sp³-hybridized carbons (Fsp3) is 0.375. The maximum absolute atomic E-state index is 12.4. The Bertz CT molecular complexity index is 808. The topological polar surface area (TPSA) is 110 Å². The van der Waals surface area contributed by atoms with Crippen molar-refractivity contribution in [2.24, 2.45) is 5.92 Å². The normalized spacial score (nSPS) is 20.7. The Balaban J connectivity index is 1.68. The van der Waals surface area contributed by atoms with Crippen molar-refractivity contribution in [3.8, 4) is 0 Å². The second-order valence-corrected chi connectivity index (χ2v) is 7.03. The van der Waals surface area contributed by atoms with E-state index in [2.05, 4.69) is 5.32 Å². The summed E-state index contributed by atoms with van der Waals surface area (Å²) in [5, 5.41) is 23.4. The van der Waals surface area contributed by atoms with Gasteiger partial charge in [0.2, 0.25) is 0 Å². The third-order valence-corrected chi connectivity index (χ3v) is 5.46. The van der Waals surface area contributed by atoms with Gasteiger partial charge in [-0.25, -0.2) is 0 Å². The molecule has 1 amide bonds. The Hall–Kier alpha value is -2.48. The van der Waals surface area contributed by atoms with Crippen LogP contribution in [-0.2, 0) is 4.79 Å². The van der Waals surface area contributed by atoms with Crippen molar-refractivity contribution < 1.29 is 19.6 Å². The van der Waals surface area contributed by atoms with E-state index >= 15 is 0 Å². The second kappa shape index (κ2) is 6.56. The molecular weight excluding hydrogens is 332 g/mol. The molecule has 7 nitrogen and oxygen atoms in total. The molecule has 1 aliphatic rings. The first-order valence-electron chi connectivity index (χ1n) is 7.65. The third-order valence-electron chi connectivity index (χ3n) is 4.35. The first-order valence-corrected chi connectivity index (χ1v) is 8.47. The number of nitrogens with zero attached hydrogens (tertiary/aromatic N) is 1. The molecule has 1 aromatic heterocycles. The van der Waals surface area contributed by atoms with Crippen LogP contribution in [0.4, 0.5) is 5.69 Å². The van der Waals surface area contributed by atoms with Crippen molar-refractivity contribution in [1.29, 1.82) is 0 Å². The van der Waals surface area contributed by atoms with Gasteiger partial charge < -0.3 is 10.4 Å². The molecule has 0 unspecified atom stereocenters. The number of hydrogen-bond donors (Lipinski definition) is 2. The van der Waals surface area contributed by atoms with Gasteiger partial charge in [-0.15, -0.1) is 11.3 Å². The summed E-state index contributed by atoms with van der Waals surface area (Å²) >= 11 is 1.29. The van der Waals surface area contributed by atoms with E-state index in [4.69, 9.17) is 5.11 Å². The van der Waals surface area contributed by atoms with Crippen LogP contribution in [0.5, 0.6) is 0 Å². The number of rotatable bonds is 4. The minimum absolute atomic E-state index is 0.000693. The van der Waals surface area contributed by atoms with E-state index in [1.54, 1.807) is 12.1 Å². The predicted molar refractivity (Wildman–Crippen MR) is 89.3 cm³/mol. The second-order valence-electron chi connectivity index (χ2n) is 5.95. The number of benzene rings is 1. The molecule has 1 aromatic carbocycles. The third kappa shape index (κ3) is 3.38. The molecule has 0 aliphatic heterocycles. The van der Waals surface area contributed by atoms with Crippen LogP contribution in [0.15, 0.2) is 24.3 Å². The van der Waals surface area contributed by atoms with Crippen LogP contribution >= 0.6 is 11.3 Å². The van der Waals surface area contributed by atoms with E-state index in [1.165, 1.54) is 23.5 Å². The smallest absolute Gasteiger partial charge is 0.306 e.